The van der Waals surface area contributed by atoms with E-state index < -0.39 is 0 Å². The third-order valence-corrected chi connectivity index (χ3v) is 10.5. The van der Waals surface area contributed by atoms with Crippen LogP contribution in [0.3, 0.4) is 0 Å². The second-order valence-corrected chi connectivity index (χ2v) is 13.9. The van der Waals surface area contributed by atoms with Crippen LogP contribution in [-0.4, -0.2) is 19.1 Å². The van der Waals surface area contributed by atoms with E-state index in [1.54, 1.807) is 0 Å². The molecule has 0 radical (unpaired) electrons. The summed E-state index contributed by atoms with van der Waals surface area (Å²) in [4.78, 5) is 12.2. The van der Waals surface area contributed by atoms with E-state index in [-0.39, 0.29) is 0 Å². The number of benzene rings is 7. The van der Waals surface area contributed by atoms with Crippen molar-refractivity contribution < 1.29 is 0 Å². The van der Waals surface area contributed by atoms with Crippen LogP contribution < -0.4 is 4.90 Å². The predicted molar refractivity (Wildman–Crippen MR) is 235 cm³/mol. The van der Waals surface area contributed by atoms with Crippen LogP contribution in [0.25, 0.3) is 67.3 Å². The molecule has 0 N–H and O–H groups in total. The van der Waals surface area contributed by atoms with Gasteiger partial charge >= 0.3 is 0 Å². The smallest absolute Gasteiger partial charge is 0.144 e. The lowest BCUT2D eigenvalue weighted by Crippen LogP contribution is -2.12. The minimum absolute atomic E-state index is 0.853. The molecule has 0 aliphatic carbocycles. The summed E-state index contributed by atoms with van der Waals surface area (Å²) in [6, 6.07) is 72.7. The van der Waals surface area contributed by atoms with Crippen LogP contribution in [0.2, 0.25) is 0 Å². The van der Waals surface area contributed by atoms with Gasteiger partial charge in [0.15, 0.2) is 0 Å². The van der Waals surface area contributed by atoms with E-state index in [9.17, 15) is 0 Å². The molecule has 0 saturated heterocycles. The molecule has 0 bridgehead atoms. The van der Waals surface area contributed by atoms with Gasteiger partial charge in [-0.1, -0.05) is 152 Å². The van der Waals surface area contributed by atoms with Gasteiger partial charge in [0, 0.05) is 57.7 Å². The second kappa shape index (κ2) is 14.8. The molecule has 0 unspecified atom stereocenters. The first-order valence-electron chi connectivity index (χ1n) is 19.2. The van der Waals surface area contributed by atoms with E-state index in [1.165, 1.54) is 5.56 Å². The zero-order chi connectivity index (χ0) is 38.0. The van der Waals surface area contributed by atoms with Crippen LogP contribution >= 0.6 is 0 Å². The Labute approximate surface area is 332 Å². The number of fused-ring (bicyclic) bond motifs is 1. The zero-order valence-corrected chi connectivity index (χ0v) is 31.1. The number of pyridine rings is 1. The third kappa shape index (κ3) is 6.27. The van der Waals surface area contributed by atoms with Crippen molar-refractivity contribution in [2.75, 3.05) is 4.90 Å². The number of aromatic nitrogens is 4. The average molecular weight is 732 g/mol. The highest BCUT2D eigenvalue weighted by atomic mass is 15.2. The first-order valence-corrected chi connectivity index (χ1v) is 19.2. The van der Waals surface area contributed by atoms with Crippen molar-refractivity contribution in [3.05, 3.63) is 225 Å². The number of imidazole rings is 1. The van der Waals surface area contributed by atoms with Gasteiger partial charge in [-0.05, 0) is 71.3 Å². The minimum atomic E-state index is 0.853. The van der Waals surface area contributed by atoms with Gasteiger partial charge in [-0.15, -0.1) is 0 Å². The molecule has 7 aromatic carbocycles. The summed E-state index contributed by atoms with van der Waals surface area (Å²) in [5.74, 6) is 1.73. The molecule has 3 heterocycles. The van der Waals surface area contributed by atoms with Crippen molar-refractivity contribution >= 4 is 28.0 Å². The van der Waals surface area contributed by atoms with Gasteiger partial charge in [-0.25, -0.2) is 9.97 Å². The van der Waals surface area contributed by atoms with Gasteiger partial charge in [0.1, 0.15) is 11.6 Å². The molecule has 0 spiro atoms. The number of hydrogen-bond acceptors (Lipinski definition) is 3. The lowest BCUT2D eigenvalue weighted by Gasteiger charge is -2.28. The van der Waals surface area contributed by atoms with Gasteiger partial charge in [0.2, 0.25) is 0 Å². The van der Waals surface area contributed by atoms with Crippen molar-refractivity contribution in [1.29, 1.82) is 0 Å². The molecule has 5 nitrogen and oxygen atoms in total. The third-order valence-electron chi connectivity index (χ3n) is 10.5. The van der Waals surface area contributed by atoms with Crippen molar-refractivity contribution in [2.45, 2.75) is 0 Å². The summed E-state index contributed by atoms with van der Waals surface area (Å²) in [6.07, 6.45) is 5.76. The Morgan fingerprint density at radius 2 is 1.07 bits per heavy atom. The molecule has 5 heteroatoms. The summed E-state index contributed by atoms with van der Waals surface area (Å²) in [5.41, 5.74) is 13.0. The first-order chi connectivity index (χ1) is 28.3. The normalized spacial score (nSPS) is 11.2. The molecular formula is C52H37N5. The van der Waals surface area contributed by atoms with Crippen LogP contribution in [0.5, 0.6) is 0 Å². The van der Waals surface area contributed by atoms with Crippen LogP contribution in [0.15, 0.2) is 225 Å². The fourth-order valence-corrected chi connectivity index (χ4v) is 7.96. The van der Waals surface area contributed by atoms with E-state index in [0.717, 1.165) is 78.8 Å². The van der Waals surface area contributed by atoms with Crippen LogP contribution in [0.4, 0.5) is 17.1 Å². The molecule has 270 valence electrons. The van der Waals surface area contributed by atoms with Crippen molar-refractivity contribution in [3.63, 3.8) is 0 Å². The Morgan fingerprint density at radius 3 is 1.81 bits per heavy atom. The van der Waals surface area contributed by atoms with E-state index >= 15 is 0 Å². The van der Waals surface area contributed by atoms with Gasteiger partial charge in [-0.3, -0.25) is 9.13 Å². The maximum Gasteiger partial charge on any atom is 0.144 e. The maximum atomic E-state index is 4.95. The number of hydrogen-bond donors (Lipinski definition) is 0. The molecule has 57 heavy (non-hydrogen) atoms. The van der Waals surface area contributed by atoms with Crippen molar-refractivity contribution in [1.82, 2.24) is 19.1 Å². The van der Waals surface area contributed by atoms with Crippen LogP contribution in [0.1, 0.15) is 0 Å². The number of para-hydroxylation sites is 2. The molecule has 0 amide bonds. The summed E-state index contributed by atoms with van der Waals surface area (Å²) in [7, 11) is 0. The summed E-state index contributed by atoms with van der Waals surface area (Å²) in [6.45, 7) is 0. The average Bonchev–Trinajstić information content (AvgIpc) is 3.92. The van der Waals surface area contributed by atoms with E-state index in [1.807, 2.05) is 30.7 Å². The molecular weight excluding hydrogens is 695 g/mol. The predicted octanol–water partition coefficient (Wildman–Crippen LogP) is 13.3. The van der Waals surface area contributed by atoms with Crippen LogP contribution in [0, 0.1) is 0 Å². The largest absolute Gasteiger partial charge is 0.310 e. The minimum Gasteiger partial charge on any atom is -0.310 e. The number of nitrogens with zero attached hydrogens (tertiary/aromatic N) is 5. The number of rotatable bonds is 9. The van der Waals surface area contributed by atoms with Gasteiger partial charge in [-0.2, -0.15) is 0 Å². The van der Waals surface area contributed by atoms with Crippen LogP contribution in [-0.2, 0) is 0 Å². The molecule has 3 aromatic heterocycles. The molecule has 0 saturated carbocycles. The monoisotopic (exact) mass is 731 g/mol. The lowest BCUT2D eigenvalue weighted by molar-refractivity contribution is 1.05. The van der Waals surface area contributed by atoms with Crippen molar-refractivity contribution in [2.24, 2.45) is 0 Å². The van der Waals surface area contributed by atoms with E-state index in [4.69, 9.17) is 9.97 Å². The fraction of sp³-hybridized carbons (Fsp3) is 0. The Bertz CT molecular complexity index is 2940. The topological polar surface area (TPSA) is 38.9 Å². The van der Waals surface area contributed by atoms with Gasteiger partial charge in [0.25, 0.3) is 0 Å². The quantitative estimate of drug-likeness (QED) is 0.148. The highest BCUT2D eigenvalue weighted by molar-refractivity contribution is 6.07. The molecule has 0 aliphatic heterocycles. The molecule has 0 atom stereocenters. The molecule has 10 aromatic rings. The maximum absolute atomic E-state index is 4.95. The summed E-state index contributed by atoms with van der Waals surface area (Å²) in [5, 5.41) is 1.14. The molecule has 0 fully saturated rings. The standard InChI is InChI=1S/C52H37N5/c1-5-18-38(19-6-1)45-28-13-14-29-47(45)56(43-27-17-24-41(36-43)52-54-34-35-55(52)42-25-11-4-12-26-42)44-31-32-46-48(37-44)57(49-30-15-16-33-53-49)51(40-22-9-3-10-23-40)50(46)39-20-7-2-8-21-39/h1-37H. The van der Waals surface area contributed by atoms with Gasteiger partial charge < -0.3 is 4.90 Å². The van der Waals surface area contributed by atoms with Crippen molar-refractivity contribution in [3.8, 4) is 56.4 Å². The lowest BCUT2D eigenvalue weighted by atomic mass is 9.98. The Balaban J connectivity index is 1.25. The highest BCUT2D eigenvalue weighted by Gasteiger charge is 2.25. The summed E-state index contributed by atoms with van der Waals surface area (Å²) < 4.78 is 4.47. The highest BCUT2D eigenvalue weighted by Crippen LogP contribution is 2.47. The Morgan fingerprint density at radius 1 is 0.439 bits per heavy atom. The Hall–Kier alpha value is -7.76. The SMILES string of the molecule is c1ccc(-c2ccccc2N(c2cccc(-c3nccn3-c3ccccc3)c2)c2ccc3c(-c4ccccc4)c(-c4ccccc4)n(-c4ccccn4)c3c2)cc1. The number of anilines is 3. The molecule has 0 aliphatic rings. The molecule has 10 rings (SSSR count). The Kier molecular flexibility index (Phi) is 8.78. The fourth-order valence-electron chi connectivity index (χ4n) is 7.96. The van der Waals surface area contributed by atoms with E-state index in [2.05, 4.69) is 208 Å². The summed E-state index contributed by atoms with van der Waals surface area (Å²) >= 11 is 0. The van der Waals surface area contributed by atoms with Gasteiger partial charge in [0.05, 0.1) is 16.9 Å². The first kappa shape index (κ1) is 33.8. The zero-order valence-electron chi connectivity index (χ0n) is 31.1. The second-order valence-electron chi connectivity index (χ2n) is 13.9. The van der Waals surface area contributed by atoms with E-state index in [0.29, 0.717) is 0 Å².